The topological polar surface area (TPSA) is 46.3 Å². The third-order valence-electron chi connectivity index (χ3n) is 6.43. The first-order chi connectivity index (χ1) is 17.5. The molecule has 5 rings (SSSR count). The Bertz CT molecular complexity index is 1420. The number of hydrogen-bond acceptors (Lipinski definition) is 2. The number of rotatable bonds is 6. The molecule has 5 aromatic carbocycles. The third kappa shape index (κ3) is 4.91. The van der Waals surface area contributed by atoms with Gasteiger partial charge < -0.3 is 10.6 Å². The van der Waals surface area contributed by atoms with Crippen LogP contribution in [0.5, 0.6) is 0 Å². The Morgan fingerprint density at radius 2 is 0.750 bits per heavy atom. The van der Waals surface area contributed by atoms with Crippen LogP contribution in [0.2, 0.25) is 0 Å². The van der Waals surface area contributed by atoms with Gasteiger partial charge in [-0.25, -0.2) is 0 Å². The summed E-state index contributed by atoms with van der Waals surface area (Å²) in [6, 6.07) is 41.8. The van der Waals surface area contributed by atoms with E-state index in [2.05, 4.69) is 116 Å². The number of nitrogens with two attached hydrogens (primary N) is 1. The van der Waals surface area contributed by atoms with Crippen LogP contribution >= 0.6 is 0 Å². The van der Waals surface area contributed by atoms with Crippen molar-refractivity contribution in [2.45, 2.75) is 13.8 Å². The van der Waals surface area contributed by atoms with Gasteiger partial charge in [0.2, 0.25) is 5.91 Å². The van der Waals surface area contributed by atoms with Crippen LogP contribution in [-0.4, -0.2) is 5.91 Å². The van der Waals surface area contributed by atoms with E-state index in [1.807, 2.05) is 12.1 Å². The first kappa shape index (κ1) is 23.1. The Balaban J connectivity index is 1.42. The largest absolute Gasteiger partial charge is 0.366 e. The van der Waals surface area contributed by atoms with E-state index >= 15 is 0 Å². The van der Waals surface area contributed by atoms with Crippen LogP contribution in [0.15, 0.2) is 121 Å². The molecule has 0 atom stereocenters. The fourth-order valence-corrected chi connectivity index (χ4v) is 4.32. The average Bonchev–Trinajstić information content (AvgIpc) is 2.91. The van der Waals surface area contributed by atoms with Gasteiger partial charge in [-0.1, -0.05) is 83.9 Å². The minimum atomic E-state index is -0.413. The number of benzene rings is 5. The van der Waals surface area contributed by atoms with Gasteiger partial charge in [-0.15, -0.1) is 0 Å². The molecule has 3 nitrogen and oxygen atoms in total. The first-order valence-electron chi connectivity index (χ1n) is 12.0. The van der Waals surface area contributed by atoms with Crippen LogP contribution in [0, 0.1) is 13.8 Å². The van der Waals surface area contributed by atoms with E-state index < -0.39 is 5.91 Å². The van der Waals surface area contributed by atoms with Crippen LogP contribution in [0.25, 0.3) is 22.3 Å². The number of carbonyl (C=O) groups is 1. The monoisotopic (exact) mass is 468 g/mol. The number of anilines is 3. The lowest BCUT2D eigenvalue weighted by molar-refractivity contribution is 0.100. The lowest BCUT2D eigenvalue weighted by Crippen LogP contribution is -2.10. The highest BCUT2D eigenvalue weighted by Crippen LogP contribution is 2.36. The second-order valence-corrected chi connectivity index (χ2v) is 9.07. The summed E-state index contributed by atoms with van der Waals surface area (Å²) in [7, 11) is 0. The molecule has 0 aliphatic rings. The second kappa shape index (κ2) is 9.93. The molecule has 176 valence electrons. The van der Waals surface area contributed by atoms with Gasteiger partial charge >= 0.3 is 0 Å². The molecule has 0 aliphatic heterocycles. The molecule has 0 bridgehead atoms. The zero-order valence-electron chi connectivity index (χ0n) is 20.5. The maximum absolute atomic E-state index is 11.3. The van der Waals surface area contributed by atoms with Crippen molar-refractivity contribution in [1.29, 1.82) is 0 Å². The van der Waals surface area contributed by atoms with Crippen molar-refractivity contribution in [2.24, 2.45) is 5.73 Å². The molecule has 0 radical (unpaired) electrons. The van der Waals surface area contributed by atoms with Gasteiger partial charge in [0.1, 0.15) is 0 Å². The van der Waals surface area contributed by atoms with Crippen LogP contribution in [0.3, 0.4) is 0 Å². The van der Waals surface area contributed by atoms with Gasteiger partial charge in [0, 0.05) is 22.6 Å². The highest BCUT2D eigenvalue weighted by atomic mass is 16.1. The quantitative estimate of drug-likeness (QED) is 0.273. The van der Waals surface area contributed by atoms with Crippen molar-refractivity contribution in [2.75, 3.05) is 4.90 Å². The second-order valence-electron chi connectivity index (χ2n) is 9.07. The Morgan fingerprint density at radius 3 is 1.08 bits per heavy atom. The Kier molecular flexibility index (Phi) is 6.38. The van der Waals surface area contributed by atoms with E-state index in [4.69, 9.17) is 5.73 Å². The predicted molar refractivity (Wildman–Crippen MR) is 150 cm³/mol. The molecule has 2 N–H and O–H groups in total. The van der Waals surface area contributed by atoms with E-state index in [1.54, 1.807) is 12.1 Å². The van der Waals surface area contributed by atoms with Crippen LogP contribution in [0.4, 0.5) is 17.1 Å². The molecule has 0 saturated carbocycles. The van der Waals surface area contributed by atoms with E-state index in [0.29, 0.717) is 5.56 Å². The zero-order chi connectivity index (χ0) is 25.1. The van der Waals surface area contributed by atoms with Gasteiger partial charge in [-0.3, -0.25) is 4.79 Å². The standard InChI is InChI=1S/C33H28N2O/c1-23-3-17-30(18-4-23)35(31-19-5-24(2)6-20-31)32-21-15-28(16-22-32)26-9-7-25(8-10-26)27-11-13-29(14-12-27)33(34)36/h3-22H,1-2H3,(H2,34,36). The third-order valence-corrected chi connectivity index (χ3v) is 6.43. The zero-order valence-corrected chi connectivity index (χ0v) is 20.5. The molecule has 0 unspecified atom stereocenters. The van der Waals surface area contributed by atoms with Gasteiger partial charge in [-0.2, -0.15) is 0 Å². The summed E-state index contributed by atoms with van der Waals surface area (Å²) < 4.78 is 0. The first-order valence-corrected chi connectivity index (χ1v) is 12.0. The van der Waals surface area contributed by atoms with E-state index in [-0.39, 0.29) is 0 Å². The fraction of sp³-hybridized carbons (Fsp3) is 0.0606. The Labute approximate surface area is 212 Å². The highest BCUT2D eigenvalue weighted by molar-refractivity contribution is 5.93. The van der Waals surface area contributed by atoms with E-state index in [9.17, 15) is 4.79 Å². The maximum atomic E-state index is 11.3. The number of amides is 1. The minimum Gasteiger partial charge on any atom is -0.366 e. The van der Waals surface area contributed by atoms with Crippen molar-refractivity contribution in [3.63, 3.8) is 0 Å². The Hall–Kier alpha value is -4.63. The molecule has 0 heterocycles. The Morgan fingerprint density at radius 1 is 0.472 bits per heavy atom. The molecule has 0 spiro atoms. The number of carbonyl (C=O) groups excluding carboxylic acids is 1. The normalized spacial score (nSPS) is 10.7. The van der Waals surface area contributed by atoms with Crippen LogP contribution in [0.1, 0.15) is 21.5 Å². The van der Waals surface area contributed by atoms with Crippen molar-refractivity contribution < 1.29 is 4.79 Å². The van der Waals surface area contributed by atoms with Crippen molar-refractivity contribution in [1.82, 2.24) is 0 Å². The summed E-state index contributed by atoms with van der Waals surface area (Å²) in [4.78, 5) is 13.6. The predicted octanol–water partition coefficient (Wildman–Crippen LogP) is 8.21. The molecular formula is C33H28N2O. The van der Waals surface area contributed by atoms with Crippen molar-refractivity contribution in [3.05, 3.63) is 138 Å². The summed E-state index contributed by atoms with van der Waals surface area (Å²) in [5.41, 5.74) is 16.2. The van der Waals surface area contributed by atoms with Crippen molar-refractivity contribution >= 4 is 23.0 Å². The fourth-order valence-electron chi connectivity index (χ4n) is 4.32. The summed E-state index contributed by atoms with van der Waals surface area (Å²) in [5, 5.41) is 0. The molecule has 0 saturated heterocycles. The molecule has 5 aromatic rings. The van der Waals surface area contributed by atoms with Crippen LogP contribution < -0.4 is 10.6 Å². The van der Waals surface area contributed by atoms with Crippen molar-refractivity contribution in [3.8, 4) is 22.3 Å². The minimum absolute atomic E-state index is 0.413. The van der Waals surface area contributed by atoms with Gasteiger partial charge in [-0.05, 0) is 84.6 Å². The molecular weight excluding hydrogens is 440 g/mol. The van der Waals surface area contributed by atoms with Gasteiger partial charge in [0.05, 0.1) is 0 Å². The molecule has 0 fully saturated rings. The summed E-state index contributed by atoms with van der Waals surface area (Å²) in [6.45, 7) is 4.21. The number of aryl methyl sites for hydroxylation is 2. The number of primary amides is 1. The summed E-state index contributed by atoms with van der Waals surface area (Å²) in [6.07, 6.45) is 0. The highest BCUT2D eigenvalue weighted by Gasteiger charge is 2.12. The maximum Gasteiger partial charge on any atom is 0.248 e. The number of hydrogen-bond donors (Lipinski definition) is 1. The summed E-state index contributed by atoms with van der Waals surface area (Å²) in [5.74, 6) is -0.413. The lowest BCUT2D eigenvalue weighted by atomic mass is 9.99. The number of nitrogens with zero attached hydrogens (tertiary/aromatic N) is 1. The van der Waals surface area contributed by atoms with E-state index in [0.717, 1.165) is 39.3 Å². The SMILES string of the molecule is Cc1ccc(N(c2ccc(C)cc2)c2ccc(-c3ccc(-c4ccc(C(N)=O)cc4)cc3)cc2)cc1. The van der Waals surface area contributed by atoms with Gasteiger partial charge in [0.15, 0.2) is 0 Å². The molecule has 36 heavy (non-hydrogen) atoms. The van der Waals surface area contributed by atoms with E-state index in [1.165, 1.54) is 11.1 Å². The summed E-state index contributed by atoms with van der Waals surface area (Å²) >= 11 is 0. The van der Waals surface area contributed by atoms with Crippen LogP contribution in [-0.2, 0) is 0 Å². The molecule has 0 aromatic heterocycles. The molecule has 3 heteroatoms. The molecule has 1 amide bonds. The smallest absolute Gasteiger partial charge is 0.248 e. The average molecular weight is 469 g/mol. The molecule has 0 aliphatic carbocycles. The van der Waals surface area contributed by atoms with Gasteiger partial charge in [0.25, 0.3) is 0 Å². The lowest BCUT2D eigenvalue weighted by Gasteiger charge is -2.26.